The first kappa shape index (κ1) is 15.3. The van der Waals surface area contributed by atoms with E-state index in [-0.39, 0.29) is 34.4 Å². The molecule has 0 saturated heterocycles. The molecule has 1 amide bonds. The number of carbonyl (C=O) groups excluding carboxylic acids is 2. The van der Waals surface area contributed by atoms with Crippen molar-refractivity contribution >= 4 is 29.0 Å². The summed E-state index contributed by atoms with van der Waals surface area (Å²) < 4.78 is 23.5. The van der Waals surface area contributed by atoms with Gasteiger partial charge in [0.1, 0.15) is 5.82 Å². The van der Waals surface area contributed by atoms with Crippen molar-refractivity contribution in [1.82, 2.24) is 0 Å². The molecule has 0 atom stereocenters. The van der Waals surface area contributed by atoms with Crippen LogP contribution in [0.2, 0.25) is 5.02 Å². The third-order valence-electron chi connectivity index (χ3n) is 3.32. The fourth-order valence-corrected chi connectivity index (χ4v) is 2.45. The number of hydrogen-bond acceptors (Lipinski definition) is 4. The quantitative estimate of drug-likeness (QED) is 0.869. The molecule has 7 heteroatoms. The van der Waals surface area contributed by atoms with Crippen molar-refractivity contribution in [2.75, 3.05) is 12.1 Å². The lowest BCUT2D eigenvalue weighted by atomic mass is 10.1. The Hall–Kier alpha value is -2.60. The molecule has 0 bridgehead atoms. The molecule has 2 aromatic rings. The molecular weight excluding hydrogens is 325 g/mol. The van der Waals surface area contributed by atoms with Gasteiger partial charge >= 0.3 is 0 Å². The summed E-state index contributed by atoms with van der Waals surface area (Å²) in [5, 5.41) is 2.58. The molecule has 0 saturated carbocycles. The average Bonchev–Trinajstić information content (AvgIpc) is 2.93. The predicted octanol–water partition coefficient (Wildman–Crippen LogP) is 3.66. The fraction of sp³-hybridized carbons (Fsp3) is 0.125. The molecule has 3 rings (SSSR count). The van der Waals surface area contributed by atoms with Gasteiger partial charge in [-0.3, -0.25) is 9.59 Å². The number of fused-ring (bicyclic) bond motifs is 1. The van der Waals surface area contributed by atoms with Crippen molar-refractivity contribution in [3.63, 3.8) is 0 Å². The minimum absolute atomic E-state index is 0.0207. The van der Waals surface area contributed by atoms with Crippen LogP contribution in [0.5, 0.6) is 11.5 Å². The van der Waals surface area contributed by atoms with E-state index in [4.69, 9.17) is 21.1 Å². The van der Waals surface area contributed by atoms with Crippen molar-refractivity contribution in [3.05, 3.63) is 52.3 Å². The Kier molecular flexibility index (Phi) is 3.92. The predicted molar refractivity (Wildman–Crippen MR) is 81.9 cm³/mol. The van der Waals surface area contributed by atoms with Gasteiger partial charge in [0.05, 0.1) is 16.3 Å². The molecule has 0 fully saturated rings. The van der Waals surface area contributed by atoms with Crippen LogP contribution in [-0.4, -0.2) is 18.5 Å². The maximum atomic E-state index is 13.1. The highest BCUT2D eigenvalue weighted by Gasteiger charge is 2.21. The van der Waals surface area contributed by atoms with E-state index in [1.165, 1.54) is 25.1 Å². The van der Waals surface area contributed by atoms with Gasteiger partial charge in [0, 0.05) is 11.6 Å². The van der Waals surface area contributed by atoms with E-state index in [2.05, 4.69) is 5.32 Å². The van der Waals surface area contributed by atoms with Crippen LogP contribution < -0.4 is 14.8 Å². The van der Waals surface area contributed by atoms with Crippen molar-refractivity contribution in [1.29, 1.82) is 0 Å². The lowest BCUT2D eigenvalue weighted by Gasteiger charge is -2.11. The molecule has 1 aliphatic heterocycles. The zero-order valence-electron chi connectivity index (χ0n) is 12.0. The van der Waals surface area contributed by atoms with E-state index < -0.39 is 11.7 Å². The highest BCUT2D eigenvalue weighted by molar-refractivity contribution is 6.34. The van der Waals surface area contributed by atoms with Crippen LogP contribution in [0.1, 0.15) is 27.6 Å². The van der Waals surface area contributed by atoms with Crippen molar-refractivity contribution in [2.45, 2.75) is 6.92 Å². The third-order valence-corrected chi connectivity index (χ3v) is 3.63. The highest BCUT2D eigenvalue weighted by atomic mass is 35.5. The molecule has 118 valence electrons. The van der Waals surface area contributed by atoms with Gasteiger partial charge in [0.15, 0.2) is 17.3 Å². The number of hydrogen-bond donors (Lipinski definition) is 1. The van der Waals surface area contributed by atoms with Crippen LogP contribution in [0.3, 0.4) is 0 Å². The third kappa shape index (κ3) is 2.98. The smallest absolute Gasteiger partial charge is 0.257 e. The fourth-order valence-electron chi connectivity index (χ4n) is 2.20. The van der Waals surface area contributed by atoms with Crippen molar-refractivity contribution < 1.29 is 23.5 Å². The van der Waals surface area contributed by atoms with E-state index >= 15 is 0 Å². The van der Waals surface area contributed by atoms with Gasteiger partial charge in [-0.1, -0.05) is 11.6 Å². The van der Waals surface area contributed by atoms with Crippen LogP contribution in [0.25, 0.3) is 0 Å². The molecule has 2 aromatic carbocycles. The maximum absolute atomic E-state index is 13.1. The zero-order chi connectivity index (χ0) is 16.6. The Balaban J connectivity index is 1.96. The van der Waals surface area contributed by atoms with E-state index in [9.17, 15) is 14.0 Å². The Morgan fingerprint density at radius 1 is 1.13 bits per heavy atom. The molecule has 1 N–H and O–H groups in total. The Morgan fingerprint density at radius 3 is 2.48 bits per heavy atom. The number of anilines is 1. The molecule has 0 unspecified atom stereocenters. The second-order valence-electron chi connectivity index (χ2n) is 4.89. The summed E-state index contributed by atoms with van der Waals surface area (Å²) in [4.78, 5) is 24.1. The van der Waals surface area contributed by atoms with E-state index in [0.29, 0.717) is 11.5 Å². The number of Topliss-reactive ketones (excluding diaryl/α,β-unsaturated/α-hetero) is 1. The zero-order valence-corrected chi connectivity index (χ0v) is 12.7. The summed E-state index contributed by atoms with van der Waals surface area (Å²) in [5.41, 5.74) is 0.646. The van der Waals surface area contributed by atoms with E-state index in [1.54, 1.807) is 0 Å². The first-order valence-corrected chi connectivity index (χ1v) is 7.04. The SMILES string of the molecule is CC(=O)c1cc2c(cc1NC(=O)c1ccc(F)cc1Cl)OCO2. The number of halogens is 2. The number of ether oxygens (including phenoxy) is 2. The minimum Gasteiger partial charge on any atom is -0.454 e. The summed E-state index contributed by atoms with van der Waals surface area (Å²) >= 11 is 5.87. The summed E-state index contributed by atoms with van der Waals surface area (Å²) in [6, 6.07) is 6.46. The summed E-state index contributed by atoms with van der Waals surface area (Å²) in [5.74, 6) is -0.484. The number of amides is 1. The Bertz CT molecular complexity index is 822. The topological polar surface area (TPSA) is 64.6 Å². The molecule has 5 nitrogen and oxygen atoms in total. The van der Waals surface area contributed by atoms with Gasteiger partial charge in [-0.2, -0.15) is 0 Å². The van der Waals surface area contributed by atoms with Gasteiger partial charge in [-0.05, 0) is 31.2 Å². The second kappa shape index (κ2) is 5.89. The number of benzene rings is 2. The number of rotatable bonds is 3. The number of carbonyl (C=O) groups is 2. The molecular formula is C16H11ClFNO4. The summed E-state index contributed by atoms with van der Waals surface area (Å²) in [7, 11) is 0. The van der Waals surface area contributed by atoms with Crippen LogP contribution in [-0.2, 0) is 0 Å². The summed E-state index contributed by atoms with van der Waals surface area (Å²) in [6.07, 6.45) is 0. The van der Waals surface area contributed by atoms with Crippen molar-refractivity contribution in [2.24, 2.45) is 0 Å². The first-order valence-electron chi connectivity index (χ1n) is 6.66. The van der Waals surface area contributed by atoms with Crippen LogP contribution in [0, 0.1) is 5.82 Å². The molecule has 0 aromatic heterocycles. The van der Waals surface area contributed by atoms with E-state index in [1.807, 2.05) is 0 Å². The largest absolute Gasteiger partial charge is 0.454 e. The van der Waals surface area contributed by atoms with Gasteiger partial charge in [-0.15, -0.1) is 0 Å². The molecule has 23 heavy (non-hydrogen) atoms. The summed E-state index contributed by atoms with van der Waals surface area (Å²) in [6.45, 7) is 1.42. The lowest BCUT2D eigenvalue weighted by Crippen LogP contribution is -2.15. The lowest BCUT2D eigenvalue weighted by molar-refractivity contribution is 0.101. The van der Waals surface area contributed by atoms with Gasteiger partial charge in [0.25, 0.3) is 5.91 Å². The van der Waals surface area contributed by atoms with Crippen LogP contribution in [0.4, 0.5) is 10.1 Å². The molecule has 0 radical (unpaired) electrons. The first-order chi connectivity index (χ1) is 11.0. The average molecular weight is 336 g/mol. The molecule has 0 aliphatic carbocycles. The normalized spacial score (nSPS) is 12.1. The molecule has 1 aliphatic rings. The monoisotopic (exact) mass is 335 g/mol. The van der Waals surface area contributed by atoms with Crippen LogP contribution in [0.15, 0.2) is 30.3 Å². The minimum atomic E-state index is -0.559. The standard InChI is InChI=1S/C16H11ClFNO4/c1-8(20)11-5-14-15(23-7-22-14)6-13(11)19-16(21)10-3-2-9(18)4-12(10)17/h2-6H,7H2,1H3,(H,19,21). The van der Waals surface area contributed by atoms with Crippen LogP contribution >= 0.6 is 11.6 Å². The van der Waals surface area contributed by atoms with Gasteiger partial charge < -0.3 is 14.8 Å². The van der Waals surface area contributed by atoms with Gasteiger partial charge in [0.2, 0.25) is 6.79 Å². The maximum Gasteiger partial charge on any atom is 0.257 e. The number of ketones is 1. The van der Waals surface area contributed by atoms with E-state index in [0.717, 1.165) is 12.1 Å². The Morgan fingerprint density at radius 2 is 1.83 bits per heavy atom. The Labute approximate surface area is 136 Å². The second-order valence-corrected chi connectivity index (χ2v) is 5.29. The van der Waals surface area contributed by atoms with Gasteiger partial charge in [-0.25, -0.2) is 4.39 Å². The number of nitrogens with one attached hydrogen (secondary N) is 1. The molecule has 0 spiro atoms. The highest BCUT2D eigenvalue weighted by Crippen LogP contribution is 2.37. The van der Waals surface area contributed by atoms with Crippen molar-refractivity contribution in [3.8, 4) is 11.5 Å². The molecule has 1 heterocycles.